The van der Waals surface area contributed by atoms with Gasteiger partial charge in [0.15, 0.2) is 0 Å². The minimum Gasteiger partial charge on any atom is -0.481 e. The van der Waals surface area contributed by atoms with E-state index in [0.29, 0.717) is 6.42 Å². The van der Waals surface area contributed by atoms with E-state index in [4.69, 9.17) is 5.11 Å². The molecule has 1 N–H and O–H groups in total. The van der Waals surface area contributed by atoms with Gasteiger partial charge in [0.2, 0.25) is 0 Å². The first-order valence-corrected chi connectivity index (χ1v) is 5.03. The number of carbonyl (C=O) groups is 1. The number of rotatable bonds is 5. The Labute approximate surface area is 81.2 Å². The number of aromatic nitrogens is 1. The van der Waals surface area contributed by atoms with Crippen LogP contribution in [0.5, 0.6) is 0 Å². The molecule has 0 aliphatic carbocycles. The van der Waals surface area contributed by atoms with Crippen LogP contribution >= 0.6 is 11.8 Å². The molecule has 0 saturated heterocycles. The summed E-state index contributed by atoms with van der Waals surface area (Å²) < 4.78 is 0. The summed E-state index contributed by atoms with van der Waals surface area (Å²) in [5.41, 5.74) is 0. The van der Waals surface area contributed by atoms with Crippen LogP contribution in [0, 0.1) is 0 Å². The van der Waals surface area contributed by atoms with Gasteiger partial charge in [0.1, 0.15) is 0 Å². The summed E-state index contributed by atoms with van der Waals surface area (Å²) in [5, 5.41) is 9.34. The fraction of sp³-hybridized carbons (Fsp3) is 0.333. The van der Waals surface area contributed by atoms with Crippen molar-refractivity contribution in [2.45, 2.75) is 17.9 Å². The largest absolute Gasteiger partial charge is 0.481 e. The Morgan fingerprint density at radius 2 is 2.38 bits per heavy atom. The van der Waals surface area contributed by atoms with Crippen molar-refractivity contribution < 1.29 is 9.90 Å². The first-order chi connectivity index (χ1) is 6.29. The van der Waals surface area contributed by atoms with Gasteiger partial charge in [0, 0.05) is 18.4 Å². The third kappa shape index (κ3) is 4.52. The second kappa shape index (κ2) is 5.59. The Morgan fingerprint density at radius 1 is 1.54 bits per heavy atom. The molecular weight excluding hydrogens is 186 g/mol. The van der Waals surface area contributed by atoms with Crippen molar-refractivity contribution >= 4 is 17.7 Å². The molecule has 0 bridgehead atoms. The van der Waals surface area contributed by atoms with Crippen LogP contribution in [-0.2, 0) is 4.79 Å². The smallest absolute Gasteiger partial charge is 0.303 e. The topological polar surface area (TPSA) is 50.2 Å². The van der Waals surface area contributed by atoms with E-state index in [2.05, 4.69) is 4.98 Å². The van der Waals surface area contributed by atoms with Crippen LogP contribution in [0.3, 0.4) is 0 Å². The van der Waals surface area contributed by atoms with Gasteiger partial charge in [-0.3, -0.25) is 4.79 Å². The van der Waals surface area contributed by atoms with Gasteiger partial charge in [-0.1, -0.05) is 6.07 Å². The lowest BCUT2D eigenvalue weighted by molar-refractivity contribution is -0.137. The molecule has 70 valence electrons. The summed E-state index contributed by atoms with van der Waals surface area (Å²) in [6.07, 6.45) is 2.66. The van der Waals surface area contributed by atoms with E-state index in [-0.39, 0.29) is 6.42 Å². The Bertz CT molecular complexity index is 264. The molecule has 1 heterocycles. The number of hydrogen-bond acceptors (Lipinski definition) is 3. The van der Waals surface area contributed by atoms with Gasteiger partial charge in [-0.05, 0) is 18.6 Å². The quantitative estimate of drug-likeness (QED) is 0.579. The molecule has 0 aliphatic heterocycles. The van der Waals surface area contributed by atoms with Crippen molar-refractivity contribution in [3.8, 4) is 0 Å². The van der Waals surface area contributed by atoms with Crippen LogP contribution in [0.2, 0.25) is 0 Å². The lowest BCUT2D eigenvalue weighted by Crippen LogP contribution is -1.94. The van der Waals surface area contributed by atoms with E-state index in [0.717, 1.165) is 10.8 Å². The molecule has 0 amide bonds. The SMILES string of the molecule is O=C(O)CCCSc1ccccn1. The zero-order valence-corrected chi connectivity index (χ0v) is 7.96. The second-order valence-corrected chi connectivity index (χ2v) is 3.63. The van der Waals surface area contributed by atoms with Crippen molar-refractivity contribution in [2.24, 2.45) is 0 Å². The van der Waals surface area contributed by atoms with Gasteiger partial charge in [0.25, 0.3) is 0 Å². The van der Waals surface area contributed by atoms with Crippen LogP contribution in [0.25, 0.3) is 0 Å². The average Bonchev–Trinajstić information content (AvgIpc) is 2.14. The number of hydrogen-bond donors (Lipinski definition) is 1. The summed E-state index contributed by atoms with van der Waals surface area (Å²) in [6.45, 7) is 0. The standard InChI is InChI=1S/C9H11NO2S/c11-9(12)5-3-7-13-8-4-1-2-6-10-8/h1-2,4,6H,3,5,7H2,(H,11,12). The Hall–Kier alpha value is -1.03. The van der Waals surface area contributed by atoms with Crippen molar-refractivity contribution in [1.29, 1.82) is 0 Å². The zero-order valence-electron chi connectivity index (χ0n) is 7.14. The third-order valence-corrected chi connectivity index (χ3v) is 2.45. The molecule has 1 aromatic rings. The number of carboxylic acid groups (broad SMARTS) is 1. The minimum absolute atomic E-state index is 0.236. The summed E-state index contributed by atoms with van der Waals surface area (Å²) in [4.78, 5) is 14.3. The predicted octanol–water partition coefficient (Wildman–Crippen LogP) is 2.04. The van der Waals surface area contributed by atoms with Crippen molar-refractivity contribution in [3.05, 3.63) is 24.4 Å². The summed E-state index contributed by atoms with van der Waals surface area (Å²) >= 11 is 1.59. The van der Waals surface area contributed by atoms with Crippen LogP contribution in [0.15, 0.2) is 29.4 Å². The fourth-order valence-corrected chi connectivity index (χ4v) is 1.64. The first-order valence-electron chi connectivity index (χ1n) is 4.04. The molecular formula is C9H11NO2S. The fourth-order valence-electron chi connectivity index (χ4n) is 0.833. The Kier molecular flexibility index (Phi) is 4.32. The van der Waals surface area contributed by atoms with Crippen molar-refractivity contribution in [3.63, 3.8) is 0 Å². The highest BCUT2D eigenvalue weighted by Gasteiger charge is 1.97. The molecule has 0 atom stereocenters. The molecule has 0 aromatic carbocycles. The van der Waals surface area contributed by atoms with Gasteiger partial charge in [-0.2, -0.15) is 0 Å². The maximum absolute atomic E-state index is 10.2. The molecule has 3 nitrogen and oxygen atoms in total. The number of pyridine rings is 1. The van der Waals surface area contributed by atoms with Crippen LogP contribution < -0.4 is 0 Å². The normalized spacial score (nSPS) is 9.85. The van der Waals surface area contributed by atoms with E-state index in [1.54, 1.807) is 18.0 Å². The summed E-state index contributed by atoms with van der Waals surface area (Å²) in [6, 6.07) is 5.71. The highest BCUT2D eigenvalue weighted by atomic mass is 32.2. The van der Waals surface area contributed by atoms with Gasteiger partial charge < -0.3 is 5.11 Å². The second-order valence-electron chi connectivity index (χ2n) is 2.51. The lowest BCUT2D eigenvalue weighted by atomic mass is 10.3. The number of carboxylic acids is 1. The zero-order chi connectivity index (χ0) is 9.52. The van der Waals surface area contributed by atoms with Crippen LogP contribution in [-0.4, -0.2) is 21.8 Å². The minimum atomic E-state index is -0.735. The molecule has 1 rings (SSSR count). The summed E-state index contributed by atoms with van der Waals surface area (Å²) in [5.74, 6) is 0.0742. The maximum Gasteiger partial charge on any atom is 0.303 e. The predicted molar refractivity (Wildman–Crippen MR) is 51.8 cm³/mol. The molecule has 0 aliphatic rings. The highest BCUT2D eigenvalue weighted by Crippen LogP contribution is 2.15. The van der Waals surface area contributed by atoms with E-state index in [1.165, 1.54) is 0 Å². The number of nitrogens with zero attached hydrogens (tertiary/aromatic N) is 1. The van der Waals surface area contributed by atoms with E-state index in [9.17, 15) is 4.79 Å². The molecule has 0 saturated carbocycles. The molecule has 0 radical (unpaired) electrons. The van der Waals surface area contributed by atoms with E-state index >= 15 is 0 Å². The van der Waals surface area contributed by atoms with E-state index < -0.39 is 5.97 Å². The van der Waals surface area contributed by atoms with Crippen LogP contribution in [0.1, 0.15) is 12.8 Å². The molecule has 0 spiro atoms. The lowest BCUT2D eigenvalue weighted by Gasteiger charge is -1.97. The summed E-state index contributed by atoms with van der Waals surface area (Å²) in [7, 11) is 0. The maximum atomic E-state index is 10.2. The molecule has 0 unspecified atom stereocenters. The van der Waals surface area contributed by atoms with Crippen LogP contribution in [0.4, 0.5) is 0 Å². The van der Waals surface area contributed by atoms with Gasteiger partial charge in [-0.15, -0.1) is 11.8 Å². The Morgan fingerprint density at radius 3 is 3.00 bits per heavy atom. The van der Waals surface area contributed by atoms with Crippen molar-refractivity contribution in [1.82, 2.24) is 4.98 Å². The van der Waals surface area contributed by atoms with Gasteiger partial charge in [0.05, 0.1) is 5.03 Å². The molecule has 0 fully saturated rings. The van der Waals surface area contributed by atoms with E-state index in [1.807, 2.05) is 18.2 Å². The first kappa shape index (κ1) is 10.1. The average molecular weight is 197 g/mol. The molecule has 13 heavy (non-hydrogen) atoms. The third-order valence-electron chi connectivity index (χ3n) is 1.42. The van der Waals surface area contributed by atoms with Gasteiger partial charge >= 0.3 is 5.97 Å². The number of thioether (sulfide) groups is 1. The molecule has 4 heteroatoms. The Balaban J connectivity index is 2.17. The number of aliphatic carboxylic acids is 1. The monoisotopic (exact) mass is 197 g/mol. The highest BCUT2D eigenvalue weighted by molar-refractivity contribution is 7.99. The van der Waals surface area contributed by atoms with Gasteiger partial charge in [-0.25, -0.2) is 4.98 Å². The van der Waals surface area contributed by atoms with Crippen molar-refractivity contribution in [2.75, 3.05) is 5.75 Å². The molecule has 1 aromatic heterocycles.